The Hall–Kier alpha value is -2.27. The highest BCUT2D eigenvalue weighted by Gasteiger charge is 2.17. The predicted molar refractivity (Wildman–Crippen MR) is 71.1 cm³/mol. The summed E-state index contributed by atoms with van der Waals surface area (Å²) < 4.78 is 0. The van der Waals surface area contributed by atoms with Gasteiger partial charge in [0.05, 0.1) is 6.54 Å². The molecule has 0 saturated heterocycles. The number of carbonyl (C=O) groups excluding carboxylic acids is 1. The average molecular weight is 244 g/mol. The number of rotatable bonds is 3. The second-order valence-electron chi connectivity index (χ2n) is 4.17. The predicted octanol–water partition coefficient (Wildman–Crippen LogP) is 1.07. The van der Waals surface area contributed by atoms with Crippen molar-refractivity contribution in [3.63, 3.8) is 0 Å². The van der Waals surface area contributed by atoms with Crippen molar-refractivity contribution in [1.29, 1.82) is 0 Å². The highest BCUT2D eigenvalue weighted by atomic mass is 16.2. The topological polar surface area (TPSA) is 70.4 Å². The molecule has 0 aromatic heterocycles. The first kappa shape index (κ1) is 12.2. The summed E-state index contributed by atoms with van der Waals surface area (Å²) in [5.41, 5.74) is 2.95. The largest absolute Gasteiger partial charge is 0.379 e. The van der Waals surface area contributed by atoms with Crippen LogP contribution in [0.5, 0.6) is 0 Å². The Morgan fingerprint density at radius 2 is 2.06 bits per heavy atom. The van der Waals surface area contributed by atoms with Crippen molar-refractivity contribution in [2.24, 2.45) is 5.84 Å². The van der Waals surface area contributed by atoms with E-state index < -0.39 is 0 Å². The number of hydrogen-bond donors (Lipinski definition) is 3. The Morgan fingerprint density at radius 3 is 2.67 bits per heavy atom. The van der Waals surface area contributed by atoms with Crippen molar-refractivity contribution < 1.29 is 4.79 Å². The Labute approximate surface area is 106 Å². The van der Waals surface area contributed by atoms with Gasteiger partial charge in [0.1, 0.15) is 5.82 Å². The lowest BCUT2D eigenvalue weighted by Gasteiger charge is -2.25. The summed E-state index contributed by atoms with van der Waals surface area (Å²) in [6, 6.07) is 8.03. The summed E-state index contributed by atoms with van der Waals surface area (Å²) in [6.45, 7) is 6.21. The van der Waals surface area contributed by atoms with Crippen LogP contribution in [0, 0.1) is 6.92 Å². The summed E-state index contributed by atoms with van der Waals surface area (Å²) >= 11 is 0. The lowest BCUT2D eigenvalue weighted by molar-refractivity contribution is -0.125. The Morgan fingerprint density at radius 1 is 1.39 bits per heavy atom. The van der Waals surface area contributed by atoms with Gasteiger partial charge in [-0.2, -0.15) is 0 Å². The third-order valence-electron chi connectivity index (χ3n) is 2.67. The monoisotopic (exact) mass is 244 g/mol. The smallest absolute Gasteiger partial charge is 0.268 e. The molecule has 0 saturated carbocycles. The van der Waals surface area contributed by atoms with Crippen molar-refractivity contribution in [3.05, 3.63) is 54.0 Å². The third-order valence-corrected chi connectivity index (χ3v) is 2.67. The van der Waals surface area contributed by atoms with Gasteiger partial charge in [0.2, 0.25) is 0 Å². The van der Waals surface area contributed by atoms with Crippen LogP contribution in [0.2, 0.25) is 0 Å². The molecule has 5 nitrogen and oxygen atoms in total. The number of carbonyl (C=O) groups is 1. The van der Waals surface area contributed by atoms with Crippen LogP contribution in [0.15, 0.2) is 48.4 Å². The van der Waals surface area contributed by atoms with Gasteiger partial charge in [0.25, 0.3) is 5.91 Å². The molecular formula is C13H16N4O. The first-order chi connectivity index (χ1) is 8.56. The van der Waals surface area contributed by atoms with E-state index in [-0.39, 0.29) is 5.91 Å². The third kappa shape index (κ3) is 2.70. The van der Waals surface area contributed by atoms with Gasteiger partial charge in [-0.3, -0.25) is 4.79 Å². The summed E-state index contributed by atoms with van der Waals surface area (Å²) in [7, 11) is 0. The first-order valence-electron chi connectivity index (χ1n) is 5.62. The highest BCUT2D eigenvalue weighted by Crippen LogP contribution is 2.11. The van der Waals surface area contributed by atoms with Gasteiger partial charge in [-0.15, -0.1) is 0 Å². The number of amides is 1. The van der Waals surface area contributed by atoms with Crippen molar-refractivity contribution in [1.82, 2.24) is 10.3 Å². The van der Waals surface area contributed by atoms with E-state index in [1.807, 2.05) is 31.2 Å². The minimum Gasteiger partial charge on any atom is -0.379 e. The highest BCUT2D eigenvalue weighted by molar-refractivity contribution is 5.90. The zero-order valence-electron chi connectivity index (χ0n) is 10.2. The van der Waals surface area contributed by atoms with Crippen molar-refractivity contribution in [2.45, 2.75) is 6.92 Å². The lowest BCUT2D eigenvalue weighted by Crippen LogP contribution is -2.45. The van der Waals surface area contributed by atoms with Crippen LogP contribution >= 0.6 is 0 Å². The normalized spacial score (nSPS) is 15.2. The molecule has 0 bridgehead atoms. The van der Waals surface area contributed by atoms with Gasteiger partial charge in [0, 0.05) is 17.5 Å². The number of aryl methyl sites for hydroxylation is 1. The molecule has 0 spiro atoms. The van der Waals surface area contributed by atoms with E-state index >= 15 is 0 Å². The number of nitrogens with one attached hydrogen (secondary N) is 2. The van der Waals surface area contributed by atoms with Crippen molar-refractivity contribution >= 4 is 11.6 Å². The van der Waals surface area contributed by atoms with Crippen LogP contribution in [-0.4, -0.2) is 17.5 Å². The fourth-order valence-corrected chi connectivity index (χ4v) is 1.60. The molecule has 5 heteroatoms. The van der Waals surface area contributed by atoms with Crippen LogP contribution < -0.4 is 16.5 Å². The lowest BCUT2D eigenvalue weighted by atomic mass is 10.2. The molecule has 0 aliphatic carbocycles. The van der Waals surface area contributed by atoms with Crippen LogP contribution in [-0.2, 0) is 4.79 Å². The zero-order valence-corrected chi connectivity index (χ0v) is 10.2. The van der Waals surface area contributed by atoms with Crippen LogP contribution in [0.3, 0.4) is 0 Å². The second kappa shape index (κ2) is 4.93. The maximum atomic E-state index is 11.5. The summed E-state index contributed by atoms with van der Waals surface area (Å²) in [5, 5.41) is 7.16. The quantitative estimate of drug-likeness (QED) is 0.549. The Kier molecular flexibility index (Phi) is 3.34. The van der Waals surface area contributed by atoms with Crippen molar-refractivity contribution in [2.75, 3.05) is 11.9 Å². The summed E-state index contributed by atoms with van der Waals surface area (Å²) in [6.07, 6.45) is 1.45. The molecule has 0 fully saturated rings. The average Bonchev–Trinajstić information content (AvgIpc) is 2.35. The van der Waals surface area contributed by atoms with Crippen molar-refractivity contribution in [3.8, 4) is 0 Å². The van der Waals surface area contributed by atoms with Gasteiger partial charge in [-0.05, 0) is 19.1 Å². The minimum atomic E-state index is -0.278. The zero-order chi connectivity index (χ0) is 13.1. The minimum absolute atomic E-state index is 0.278. The van der Waals surface area contributed by atoms with E-state index in [0.717, 1.165) is 16.4 Å². The molecule has 1 aromatic carbocycles. The van der Waals surface area contributed by atoms with Crippen LogP contribution in [0.1, 0.15) is 5.56 Å². The number of hydrazine groups is 1. The number of hydrogen-bond acceptors (Lipinski definition) is 4. The fraction of sp³-hybridized carbons (Fsp3) is 0.154. The van der Waals surface area contributed by atoms with Gasteiger partial charge in [-0.25, -0.2) is 10.9 Å². The molecule has 0 radical (unpaired) electrons. The second-order valence-corrected chi connectivity index (χ2v) is 4.17. The maximum absolute atomic E-state index is 11.5. The van der Waals surface area contributed by atoms with E-state index in [4.69, 9.17) is 5.84 Å². The van der Waals surface area contributed by atoms with Gasteiger partial charge in [-0.1, -0.05) is 24.3 Å². The fourth-order valence-electron chi connectivity index (χ4n) is 1.60. The molecule has 94 valence electrons. The van der Waals surface area contributed by atoms with Crippen LogP contribution in [0.25, 0.3) is 0 Å². The molecule has 1 amide bonds. The Bertz CT molecular complexity index is 504. The molecular weight excluding hydrogens is 228 g/mol. The number of anilines is 1. The van der Waals surface area contributed by atoms with E-state index in [0.29, 0.717) is 12.4 Å². The molecule has 18 heavy (non-hydrogen) atoms. The molecule has 2 rings (SSSR count). The molecule has 1 aromatic rings. The standard InChI is InChI=1S/C13H16N4O/c1-9-3-5-11(6-4-9)15-8-12-7-13(18)17(14)10(2)16-12/h3-7,15-16H,2,8,14H2,1H3. The van der Waals surface area contributed by atoms with E-state index in [9.17, 15) is 4.79 Å². The molecule has 1 aliphatic heterocycles. The molecule has 0 atom stereocenters. The Balaban J connectivity index is 1.98. The number of benzene rings is 1. The van der Waals surface area contributed by atoms with Gasteiger partial charge in [0.15, 0.2) is 0 Å². The van der Waals surface area contributed by atoms with Gasteiger partial charge >= 0.3 is 0 Å². The first-order valence-corrected chi connectivity index (χ1v) is 5.62. The van der Waals surface area contributed by atoms with E-state index in [1.165, 1.54) is 11.6 Å². The molecule has 0 unspecified atom stereocenters. The summed E-state index contributed by atoms with van der Waals surface area (Å²) in [4.78, 5) is 11.5. The number of nitrogens with two attached hydrogens (primary N) is 1. The number of nitrogens with zero attached hydrogens (tertiary/aromatic N) is 1. The summed E-state index contributed by atoms with van der Waals surface area (Å²) in [5.74, 6) is 5.56. The van der Waals surface area contributed by atoms with Gasteiger partial charge < -0.3 is 10.6 Å². The van der Waals surface area contributed by atoms with E-state index in [1.54, 1.807) is 0 Å². The molecule has 4 N–H and O–H groups in total. The maximum Gasteiger partial charge on any atom is 0.268 e. The van der Waals surface area contributed by atoms with E-state index in [2.05, 4.69) is 17.2 Å². The van der Waals surface area contributed by atoms with Crippen LogP contribution in [0.4, 0.5) is 5.69 Å². The molecule has 1 aliphatic rings. The molecule has 1 heterocycles. The SMILES string of the molecule is C=C1NC(CNc2ccc(C)cc2)=CC(=O)N1N.